The molecule has 4 nitrogen and oxygen atoms in total. The van der Waals surface area contributed by atoms with E-state index in [1.54, 1.807) is 0 Å². The van der Waals surface area contributed by atoms with Gasteiger partial charge in [0.15, 0.2) is 0 Å². The highest BCUT2D eigenvalue weighted by Gasteiger charge is 2.23. The lowest BCUT2D eigenvalue weighted by atomic mass is 10.1. The Morgan fingerprint density at radius 2 is 2.00 bits per heavy atom. The smallest absolute Gasteiger partial charge is 0.407 e. The summed E-state index contributed by atoms with van der Waals surface area (Å²) < 4.78 is 5.28. The largest absolute Gasteiger partial charge is 0.446 e. The molecular weight excluding hydrogens is 180 g/mol. The van der Waals surface area contributed by atoms with E-state index in [4.69, 9.17) is 4.74 Å². The van der Waals surface area contributed by atoms with E-state index >= 15 is 0 Å². The minimum atomic E-state index is -0.233. The van der Waals surface area contributed by atoms with Crippen molar-refractivity contribution in [1.29, 1.82) is 0 Å². The highest BCUT2D eigenvalue weighted by Crippen LogP contribution is 2.27. The number of carbonyl (C=O) groups is 1. The van der Waals surface area contributed by atoms with Crippen molar-refractivity contribution < 1.29 is 9.53 Å². The zero-order valence-corrected chi connectivity index (χ0v) is 8.42. The second kappa shape index (κ2) is 4.64. The van der Waals surface area contributed by atoms with Gasteiger partial charge in [-0.05, 0) is 44.7 Å². The Bertz CT molecular complexity index is 198. The first-order valence-electron chi connectivity index (χ1n) is 5.50. The van der Waals surface area contributed by atoms with E-state index in [1.165, 1.54) is 12.8 Å². The predicted octanol–water partition coefficient (Wildman–Crippen LogP) is 0.875. The SMILES string of the molecule is O=C(NCC1CC1)OC1CCNCC1. The number of ether oxygens (including phenoxy) is 1. The molecule has 80 valence electrons. The molecule has 1 saturated carbocycles. The monoisotopic (exact) mass is 198 g/mol. The summed E-state index contributed by atoms with van der Waals surface area (Å²) in [6.07, 6.45) is 4.29. The maximum atomic E-state index is 11.3. The van der Waals surface area contributed by atoms with E-state index in [0.717, 1.165) is 38.4 Å². The average Bonchev–Trinajstić information content (AvgIpc) is 3.00. The van der Waals surface area contributed by atoms with Crippen molar-refractivity contribution in [3.63, 3.8) is 0 Å². The molecule has 1 saturated heterocycles. The second-order valence-electron chi connectivity index (χ2n) is 4.18. The Labute approximate surface area is 84.4 Å². The summed E-state index contributed by atoms with van der Waals surface area (Å²) in [4.78, 5) is 11.3. The van der Waals surface area contributed by atoms with Crippen LogP contribution in [-0.4, -0.2) is 31.8 Å². The number of rotatable bonds is 3. The molecule has 2 aliphatic rings. The number of nitrogens with one attached hydrogen (secondary N) is 2. The van der Waals surface area contributed by atoms with E-state index < -0.39 is 0 Å². The van der Waals surface area contributed by atoms with Crippen molar-refractivity contribution in [2.75, 3.05) is 19.6 Å². The van der Waals surface area contributed by atoms with Crippen molar-refractivity contribution in [3.8, 4) is 0 Å². The number of piperidine rings is 1. The van der Waals surface area contributed by atoms with Crippen molar-refractivity contribution in [3.05, 3.63) is 0 Å². The number of amides is 1. The van der Waals surface area contributed by atoms with Gasteiger partial charge < -0.3 is 15.4 Å². The third kappa shape index (κ3) is 3.18. The predicted molar refractivity (Wildman–Crippen MR) is 53.1 cm³/mol. The lowest BCUT2D eigenvalue weighted by Crippen LogP contribution is -2.37. The van der Waals surface area contributed by atoms with Crippen LogP contribution in [0.3, 0.4) is 0 Å². The average molecular weight is 198 g/mol. The van der Waals surface area contributed by atoms with Gasteiger partial charge in [0.2, 0.25) is 0 Å². The van der Waals surface area contributed by atoms with Gasteiger partial charge in [0, 0.05) is 6.54 Å². The Balaban J connectivity index is 1.59. The minimum Gasteiger partial charge on any atom is -0.446 e. The number of hydrogen-bond donors (Lipinski definition) is 2. The van der Waals surface area contributed by atoms with E-state index in [2.05, 4.69) is 10.6 Å². The molecule has 0 radical (unpaired) electrons. The summed E-state index contributed by atoms with van der Waals surface area (Å²) in [5, 5.41) is 6.05. The first-order valence-corrected chi connectivity index (χ1v) is 5.50. The summed E-state index contributed by atoms with van der Waals surface area (Å²) in [5.41, 5.74) is 0. The first-order chi connectivity index (χ1) is 6.84. The normalized spacial score (nSPS) is 23.1. The highest BCUT2D eigenvalue weighted by molar-refractivity contribution is 5.67. The van der Waals surface area contributed by atoms with Gasteiger partial charge in [0.1, 0.15) is 6.10 Å². The summed E-state index contributed by atoms with van der Waals surface area (Å²) in [6, 6.07) is 0. The molecule has 1 amide bonds. The summed E-state index contributed by atoms with van der Waals surface area (Å²) >= 11 is 0. The Morgan fingerprint density at radius 1 is 1.29 bits per heavy atom. The van der Waals surface area contributed by atoms with Gasteiger partial charge in [-0.15, -0.1) is 0 Å². The van der Waals surface area contributed by atoms with Crippen molar-refractivity contribution in [2.45, 2.75) is 31.8 Å². The summed E-state index contributed by atoms with van der Waals surface area (Å²) in [5.74, 6) is 0.718. The molecule has 0 unspecified atom stereocenters. The summed E-state index contributed by atoms with van der Waals surface area (Å²) in [7, 11) is 0. The lowest BCUT2D eigenvalue weighted by Gasteiger charge is -2.22. The molecule has 0 aromatic carbocycles. The molecule has 2 rings (SSSR count). The van der Waals surface area contributed by atoms with Crippen LogP contribution in [0.25, 0.3) is 0 Å². The second-order valence-corrected chi connectivity index (χ2v) is 4.18. The molecule has 0 aromatic heterocycles. The topological polar surface area (TPSA) is 50.4 Å². The Kier molecular flexibility index (Phi) is 3.24. The van der Waals surface area contributed by atoms with Crippen LogP contribution in [0, 0.1) is 5.92 Å². The molecular formula is C10H18N2O2. The fourth-order valence-corrected chi connectivity index (χ4v) is 1.66. The van der Waals surface area contributed by atoms with E-state index in [9.17, 15) is 4.79 Å². The van der Waals surface area contributed by atoms with Gasteiger partial charge in [-0.25, -0.2) is 4.79 Å². The lowest BCUT2D eigenvalue weighted by molar-refractivity contribution is 0.0792. The highest BCUT2D eigenvalue weighted by atomic mass is 16.6. The van der Waals surface area contributed by atoms with Crippen LogP contribution in [0.15, 0.2) is 0 Å². The standard InChI is InChI=1S/C10H18N2O2/c13-10(12-7-8-1-2-8)14-9-3-5-11-6-4-9/h8-9,11H,1-7H2,(H,12,13). The maximum Gasteiger partial charge on any atom is 0.407 e. The first kappa shape index (κ1) is 9.77. The molecule has 0 bridgehead atoms. The van der Waals surface area contributed by atoms with Gasteiger partial charge in [-0.1, -0.05) is 0 Å². The van der Waals surface area contributed by atoms with Crippen molar-refractivity contribution in [1.82, 2.24) is 10.6 Å². The zero-order chi connectivity index (χ0) is 9.80. The van der Waals surface area contributed by atoms with E-state index in [-0.39, 0.29) is 12.2 Å². The van der Waals surface area contributed by atoms with Crippen LogP contribution in [0.5, 0.6) is 0 Å². The molecule has 2 fully saturated rings. The van der Waals surface area contributed by atoms with Gasteiger partial charge in [-0.3, -0.25) is 0 Å². The quantitative estimate of drug-likeness (QED) is 0.707. The van der Waals surface area contributed by atoms with Gasteiger partial charge in [0.25, 0.3) is 0 Å². The molecule has 0 aromatic rings. The van der Waals surface area contributed by atoms with Gasteiger partial charge in [-0.2, -0.15) is 0 Å². The van der Waals surface area contributed by atoms with E-state index in [0.29, 0.717) is 0 Å². The van der Waals surface area contributed by atoms with Gasteiger partial charge >= 0.3 is 6.09 Å². The molecule has 2 N–H and O–H groups in total. The minimum absolute atomic E-state index is 0.121. The Morgan fingerprint density at radius 3 is 2.64 bits per heavy atom. The molecule has 1 aliphatic heterocycles. The third-order valence-corrected chi connectivity index (χ3v) is 2.79. The van der Waals surface area contributed by atoms with Crippen LogP contribution in [0.4, 0.5) is 4.79 Å². The molecule has 0 atom stereocenters. The zero-order valence-electron chi connectivity index (χ0n) is 8.42. The number of alkyl carbamates (subject to hydrolysis) is 1. The number of hydrogen-bond acceptors (Lipinski definition) is 3. The van der Waals surface area contributed by atoms with Crippen molar-refractivity contribution >= 4 is 6.09 Å². The van der Waals surface area contributed by atoms with Crippen LogP contribution < -0.4 is 10.6 Å². The summed E-state index contributed by atoms with van der Waals surface area (Å²) in [6.45, 7) is 2.71. The van der Waals surface area contributed by atoms with Crippen molar-refractivity contribution in [2.24, 2.45) is 5.92 Å². The fourth-order valence-electron chi connectivity index (χ4n) is 1.66. The maximum absolute atomic E-state index is 11.3. The Hall–Kier alpha value is -0.770. The van der Waals surface area contributed by atoms with Crippen LogP contribution in [0.2, 0.25) is 0 Å². The molecule has 0 spiro atoms. The third-order valence-electron chi connectivity index (χ3n) is 2.79. The van der Waals surface area contributed by atoms with Crippen LogP contribution >= 0.6 is 0 Å². The fraction of sp³-hybridized carbons (Fsp3) is 0.900. The van der Waals surface area contributed by atoms with Gasteiger partial charge in [0.05, 0.1) is 0 Å². The number of carbonyl (C=O) groups excluding carboxylic acids is 1. The molecule has 1 heterocycles. The molecule has 14 heavy (non-hydrogen) atoms. The van der Waals surface area contributed by atoms with Crippen LogP contribution in [0.1, 0.15) is 25.7 Å². The molecule has 4 heteroatoms. The van der Waals surface area contributed by atoms with E-state index in [1.807, 2.05) is 0 Å². The molecule has 1 aliphatic carbocycles. The van der Waals surface area contributed by atoms with Crippen LogP contribution in [-0.2, 0) is 4.74 Å².